The van der Waals surface area contributed by atoms with Crippen molar-refractivity contribution >= 4 is 29.6 Å². The Morgan fingerprint density at radius 3 is 1.77 bits per heavy atom. The number of carbonyl (C=O) groups excluding carboxylic acids is 4. The zero-order valence-electron chi connectivity index (χ0n) is 17.0. The van der Waals surface area contributed by atoms with Crippen molar-refractivity contribution in [3.05, 3.63) is 0 Å². The zero-order valence-corrected chi connectivity index (χ0v) is 17.0. The summed E-state index contributed by atoms with van der Waals surface area (Å²) in [6.07, 6.45) is 0.0168. The van der Waals surface area contributed by atoms with Crippen LogP contribution in [0.15, 0.2) is 0 Å². The summed E-state index contributed by atoms with van der Waals surface area (Å²) in [6, 6.07) is -5.41. The molecule has 0 aliphatic heterocycles. The predicted molar refractivity (Wildman–Crippen MR) is 103 cm³/mol. The second-order valence-electron chi connectivity index (χ2n) is 6.80. The van der Waals surface area contributed by atoms with Crippen LogP contribution in [0.5, 0.6) is 0 Å². The first-order chi connectivity index (χ1) is 14.0. The summed E-state index contributed by atoms with van der Waals surface area (Å²) in [6.45, 7) is 1.86. The Morgan fingerprint density at radius 2 is 1.33 bits per heavy atom. The van der Waals surface area contributed by atoms with Crippen molar-refractivity contribution in [3.63, 3.8) is 0 Å². The number of rotatable bonds is 14. The second-order valence-corrected chi connectivity index (χ2v) is 6.80. The molecule has 0 aromatic heterocycles. The average Bonchev–Trinajstić information content (AvgIpc) is 2.70. The van der Waals surface area contributed by atoms with Crippen LogP contribution >= 0.6 is 0 Å². The van der Waals surface area contributed by atoms with Gasteiger partial charge in [-0.25, -0.2) is 4.79 Å². The number of aliphatic hydroxyl groups excluding tert-OH is 2. The van der Waals surface area contributed by atoms with Crippen LogP contribution < -0.4 is 27.4 Å². The van der Waals surface area contributed by atoms with Crippen LogP contribution in [-0.2, 0) is 24.0 Å². The molecule has 0 aromatic rings. The van der Waals surface area contributed by atoms with Gasteiger partial charge < -0.3 is 42.7 Å². The maximum absolute atomic E-state index is 12.4. The van der Waals surface area contributed by atoms with E-state index in [-0.39, 0.29) is 18.8 Å². The first-order valence-electron chi connectivity index (χ1n) is 9.37. The van der Waals surface area contributed by atoms with E-state index in [1.54, 1.807) is 6.92 Å². The van der Waals surface area contributed by atoms with E-state index in [0.29, 0.717) is 6.42 Å². The van der Waals surface area contributed by atoms with Crippen LogP contribution in [0.1, 0.15) is 33.1 Å². The van der Waals surface area contributed by atoms with Gasteiger partial charge in [-0.2, -0.15) is 0 Å². The van der Waals surface area contributed by atoms with Gasteiger partial charge in [0.15, 0.2) is 0 Å². The van der Waals surface area contributed by atoms with E-state index in [2.05, 4.69) is 10.6 Å². The van der Waals surface area contributed by atoms with E-state index >= 15 is 0 Å². The summed E-state index contributed by atoms with van der Waals surface area (Å²) in [5.41, 5.74) is 10.8. The molecule has 13 heteroatoms. The Kier molecular flexibility index (Phi) is 12.2. The highest BCUT2D eigenvalue weighted by Crippen LogP contribution is 2.06. The molecule has 172 valence electrons. The van der Waals surface area contributed by atoms with E-state index in [4.69, 9.17) is 21.7 Å². The van der Waals surface area contributed by atoms with E-state index in [9.17, 15) is 29.1 Å². The van der Waals surface area contributed by atoms with Gasteiger partial charge >= 0.3 is 5.97 Å². The van der Waals surface area contributed by atoms with Gasteiger partial charge in [-0.1, -0.05) is 20.3 Å². The monoisotopic (exact) mass is 433 g/mol. The van der Waals surface area contributed by atoms with Crippen LogP contribution in [0, 0.1) is 5.92 Å². The number of hydrogen-bond acceptors (Lipinski definition) is 8. The molecule has 0 saturated carbocycles. The highest BCUT2D eigenvalue weighted by atomic mass is 16.4. The number of nitrogens with one attached hydrogen (secondary N) is 3. The topological polar surface area (TPSA) is 234 Å². The molecule has 0 aromatic carbocycles. The highest BCUT2D eigenvalue weighted by Gasteiger charge is 2.30. The molecule has 0 aliphatic rings. The maximum atomic E-state index is 12.4. The molecule has 0 spiro atoms. The van der Waals surface area contributed by atoms with Crippen LogP contribution in [0.2, 0.25) is 0 Å². The molecular weight excluding hydrogens is 402 g/mol. The smallest absolute Gasteiger partial charge is 0.328 e. The lowest BCUT2D eigenvalue weighted by molar-refractivity contribution is -0.143. The van der Waals surface area contributed by atoms with Gasteiger partial charge in [0.25, 0.3) is 0 Å². The Bertz CT molecular complexity index is 629. The van der Waals surface area contributed by atoms with Gasteiger partial charge in [-0.05, 0) is 12.3 Å². The Hall–Kier alpha value is -2.77. The van der Waals surface area contributed by atoms with Crippen molar-refractivity contribution in [1.29, 1.82) is 0 Å². The number of aliphatic carboxylic acids is 1. The largest absolute Gasteiger partial charge is 0.480 e. The van der Waals surface area contributed by atoms with Crippen LogP contribution in [0.3, 0.4) is 0 Å². The van der Waals surface area contributed by atoms with Crippen LogP contribution in [-0.4, -0.2) is 82.3 Å². The van der Waals surface area contributed by atoms with Crippen molar-refractivity contribution in [2.24, 2.45) is 17.4 Å². The van der Waals surface area contributed by atoms with Crippen LogP contribution in [0.4, 0.5) is 0 Å². The number of amides is 4. The number of primary amides is 1. The van der Waals surface area contributed by atoms with Gasteiger partial charge in [-0.15, -0.1) is 0 Å². The third kappa shape index (κ3) is 9.15. The SMILES string of the molecule is CCC(C)C(N)C(=O)NC(CO)C(=O)NC(CCC(N)=O)C(=O)NC(CO)C(=O)O. The van der Waals surface area contributed by atoms with E-state index in [1.165, 1.54) is 0 Å². The van der Waals surface area contributed by atoms with Gasteiger partial charge in [-0.3, -0.25) is 19.2 Å². The van der Waals surface area contributed by atoms with Crippen molar-refractivity contribution in [2.75, 3.05) is 13.2 Å². The molecule has 13 nitrogen and oxygen atoms in total. The average molecular weight is 433 g/mol. The fraction of sp³-hybridized carbons (Fsp3) is 0.706. The van der Waals surface area contributed by atoms with Crippen molar-refractivity contribution in [2.45, 2.75) is 57.3 Å². The molecule has 10 N–H and O–H groups in total. The summed E-state index contributed by atoms with van der Waals surface area (Å²) in [5, 5.41) is 33.9. The number of nitrogens with two attached hydrogens (primary N) is 2. The maximum Gasteiger partial charge on any atom is 0.328 e. The summed E-state index contributed by atoms with van der Waals surface area (Å²) >= 11 is 0. The molecule has 0 bridgehead atoms. The molecule has 30 heavy (non-hydrogen) atoms. The fourth-order valence-electron chi connectivity index (χ4n) is 2.26. The number of carboxylic acid groups (broad SMARTS) is 1. The predicted octanol–water partition coefficient (Wildman–Crippen LogP) is -3.85. The van der Waals surface area contributed by atoms with Gasteiger partial charge in [0.05, 0.1) is 19.3 Å². The molecule has 0 aliphatic carbocycles. The molecule has 0 fully saturated rings. The number of aliphatic hydroxyl groups is 2. The van der Waals surface area contributed by atoms with Gasteiger partial charge in [0.2, 0.25) is 23.6 Å². The fourth-order valence-corrected chi connectivity index (χ4v) is 2.26. The minimum absolute atomic E-state index is 0.187. The number of carbonyl (C=O) groups is 5. The molecule has 0 rings (SSSR count). The molecule has 5 atom stereocenters. The first-order valence-corrected chi connectivity index (χ1v) is 9.37. The van der Waals surface area contributed by atoms with E-state index in [0.717, 1.165) is 0 Å². The lowest BCUT2D eigenvalue weighted by Gasteiger charge is -2.25. The third-order valence-corrected chi connectivity index (χ3v) is 4.48. The standard InChI is InChI=1S/C17H31N5O8/c1-3-8(2)13(19)16(28)21-10(6-23)15(27)20-9(4-5-12(18)25)14(26)22-11(7-24)17(29)30/h8-11,13,23-24H,3-7,19H2,1-2H3,(H2,18,25)(H,20,27)(H,21,28)(H,22,26)(H,29,30). The first kappa shape index (κ1) is 27.2. The summed E-state index contributed by atoms with van der Waals surface area (Å²) in [5.74, 6) is -5.10. The Morgan fingerprint density at radius 1 is 0.867 bits per heavy atom. The second kappa shape index (κ2) is 13.5. The lowest BCUT2D eigenvalue weighted by atomic mass is 9.99. The molecule has 0 radical (unpaired) electrons. The third-order valence-electron chi connectivity index (χ3n) is 4.48. The van der Waals surface area contributed by atoms with Crippen molar-refractivity contribution < 1.29 is 39.3 Å². The minimum Gasteiger partial charge on any atom is -0.480 e. The zero-order chi connectivity index (χ0) is 23.4. The van der Waals surface area contributed by atoms with E-state index < -0.39 is 67.0 Å². The molecular formula is C17H31N5O8. The highest BCUT2D eigenvalue weighted by molar-refractivity contribution is 5.94. The Balaban J connectivity index is 5.26. The Labute approximate surface area is 173 Å². The lowest BCUT2D eigenvalue weighted by Crippen LogP contribution is -2.58. The minimum atomic E-state index is -1.63. The summed E-state index contributed by atoms with van der Waals surface area (Å²) < 4.78 is 0. The van der Waals surface area contributed by atoms with Gasteiger partial charge in [0.1, 0.15) is 18.1 Å². The molecule has 0 heterocycles. The number of carboxylic acids is 1. The van der Waals surface area contributed by atoms with Crippen molar-refractivity contribution in [3.8, 4) is 0 Å². The molecule has 0 saturated heterocycles. The van der Waals surface area contributed by atoms with Gasteiger partial charge in [0, 0.05) is 6.42 Å². The normalized spacial score (nSPS) is 15.8. The molecule has 4 amide bonds. The summed E-state index contributed by atoms with van der Waals surface area (Å²) in [7, 11) is 0. The van der Waals surface area contributed by atoms with E-state index in [1.807, 2.05) is 12.2 Å². The number of hydrogen-bond donors (Lipinski definition) is 8. The van der Waals surface area contributed by atoms with Crippen molar-refractivity contribution in [1.82, 2.24) is 16.0 Å². The quantitative estimate of drug-likeness (QED) is 0.134. The summed E-state index contributed by atoms with van der Waals surface area (Å²) in [4.78, 5) is 58.9. The molecule has 5 unspecified atom stereocenters. The van der Waals surface area contributed by atoms with Crippen LogP contribution in [0.25, 0.3) is 0 Å².